The molecule has 0 saturated carbocycles. The molecule has 0 atom stereocenters. The van der Waals surface area contributed by atoms with E-state index in [1.807, 2.05) is 35.0 Å². The maximum absolute atomic E-state index is 11.3. The lowest BCUT2D eigenvalue weighted by atomic mass is 10.1. The molecule has 1 aromatic heterocycles. The molecule has 3 nitrogen and oxygen atoms in total. The van der Waals surface area contributed by atoms with Crippen molar-refractivity contribution in [1.29, 1.82) is 0 Å². The zero-order valence-electron chi connectivity index (χ0n) is 7.84. The van der Waals surface area contributed by atoms with Crippen LogP contribution in [0.3, 0.4) is 0 Å². The number of imidazole rings is 1. The Bertz CT molecular complexity index is 446. The van der Waals surface area contributed by atoms with Crippen LogP contribution in [0.15, 0.2) is 43.0 Å². The van der Waals surface area contributed by atoms with Crippen LogP contribution in [-0.4, -0.2) is 15.3 Å². The van der Waals surface area contributed by atoms with E-state index in [0.717, 1.165) is 5.69 Å². The van der Waals surface area contributed by atoms with Crippen molar-refractivity contribution < 1.29 is 4.79 Å². The molecule has 0 spiro atoms. The zero-order valence-corrected chi connectivity index (χ0v) is 7.84. The average Bonchev–Trinajstić information content (AvgIpc) is 2.70. The van der Waals surface area contributed by atoms with Crippen molar-refractivity contribution >= 4 is 5.78 Å². The van der Waals surface area contributed by atoms with Gasteiger partial charge in [-0.3, -0.25) is 4.79 Å². The molecule has 0 amide bonds. The first-order valence-corrected chi connectivity index (χ1v) is 4.37. The van der Waals surface area contributed by atoms with E-state index in [2.05, 4.69) is 4.98 Å². The van der Waals surface area contributed by atoms with Gasteiger partial charge < -0.3 is 4.57 Å². The number of hydrogen-bond donors (Lipinski definition) is 0. The van der Waals surface area contributed by atoms with Crippen molar-refractivity contribution in [2.75, 3.05) is 0 Å². The fourth-order valence-corrected chi connectivity index (χ4v) is 1.40. The maximum Gasteiger partial charge on any atom is 0.161 e. The summed E-state index contributed by atoms with van der Waals surface area (Å²) in [6.07, 6.45) is 5.19. The monoisotopic (exact) mass is 186 g/mol. The maximum atomic E-state index is 11.3. The Morgan fingerprint density at radius 2 is 2.14 bits per heavy atom. The number of carbonyl (C=O) groups excluding carboxylic acids is 1. The van der Waals surface area contributed by atoms with Crippen molar-refractivity contribution in [2.24, 2.45) is 0 Å². The van der Waals surface area contributed by atoms with Crippen molar-refractivity contribution in [2.45, 2.75) is 6.92 Å². The van der Waals surface area contributed by atoms with Gasteiger partial charge >= 0.3 is 0 Å². The highest BCUT2D eigenvalue weighted by molar-refractivity contribution is 5.97. The number of rotatable bonds is 2. The van der Waals surface area contributed by atoms with Crippen LogP contribution in [0.25, 0.3) is 5.69 Å². The molecule has 2 aromatic rings. The van der Waals surface area contributed by atoms with Crippen LogP contribution in [0.2, 0.25) is 0 Å². The second-order valence-electron chi connectivity index (χ2n) is 3.04. The molecule has 0 aliphatic heterocycles. The van der Waals surface area contributed by atoms with Gasteiger partial charge in [-0.2, -0.15) is 0 Å². The first kappa shape index (κ1) is 8.69. The molecule has 1 heterocycles. The standard InChI is InChI=1S/C11H10N2O/c1-9(14)10-4-2-3-5-11(10)13-7-6-12-8-13/h2-8H,1H3. The molecule has 14 heavy (non-hydrogen) atoms. The largest absolute Gasteiger partial charge is 0.306 e. The van der Waals surface area contributed by atoms with Gasteiger partial charge in [0.2, 0.25) is 0 Å². The lowest BCUT2D eigenvalue weighted by molar-refractivity contribution is 0.101. The number of Topliss-reactive ketones (excluding diaryl/α,β-unsaturated/α-hetero) is 1. The first-order valence-electron chi connectivity index (χ1n) is 4.37. The Kier molecular flexibility index (Phi) is 2.14. The number of para-hydroxylation sites is 1. The molecule has 3 heteroatoms. The minimum absolute atomic E-state index is 0.0642. The van der Waals surface area contributed by atoms with Gasteiger partial charge in [-0.05, 0) is 19.1 Å². The highest BCUT2D eigenvalue weighted by atomic mass is 16.1. The minimum Gasteiger partial charge on any atom is -0.306 e. The highest BCUT2D eigenvalue weighted by Crippen LogP contribution is 2.14. The molecule has 0 aliphatic carbocycles. The van der Waals surface area contributed by atoms with Crippen molar-refractivity contribution in [3.05, 3.63) is 48.5 Å². The Morgan fingerprint density at radius 1 is 1.36 bits per heavy atom. The minimum atomic E-state index is 0.0642. The van der Waals surface area contributed by atoms with Gasteiger partial charge in [0.05, 0.1) is 12.0 Å². The topological polar surface area (TPSA) is 34.9 Å². The van der Waals surface area contributed by atoms with Gasteiger partial charge in [0.1, 0.15) is 0 Å². The van der Waals surface area contributed by atoms with Crippen molar-refractivity contribution in [1.82, 2.24) is 9.55 Å². The summed E-state index contributed by atoms with van der Waals surface area (Å²) in [6.45, 7) is 1.57. The summed E-state index contributed by atoms with van der Waals surface area (Å²) in [4.78, 5) is 15.3. The third-order valence-electron chi connectivity index (χ3n) is 2.07. The predicted molar refractivity (Wildman–Crippen MR) is 53.6 cm³/mol. The molecule has 0 bridgehead atoms. The molecule has 0 aliphatic rings. The summed E-state index contributed by atoms with van der Waals surface area (Å²) < 4.78 is 1.83. The number of hydrogen-bond acceptors (Lipinski definition) is 2. The molecule has 70 valence electrons. The van der Waals surface area contributed by atoms with Crippen molar-refractivity contribution in [3.8, 4) is 5.69 Å². The van der Waals surface area contributed by atoms with E-state index in [-0.39, 0.29) is 5.78 Å². The van der Waals surface area contributed by atoms with E-state index < -0.39 is 0 Å². The molecule has 0 fully saturated rings. The fourth-order valence-electron chi connectivity index (χ4n) is 1.40. The highest BCUT2D eigenvalue weighted by Gasteiger charge is 2.06. The molecule has 0 N–H and O–H groups in total. The SMILES string of the molecule is CC(=O)c1ccccc1-n1ccnc1. The van der Waals surface area contributed by atoms with E-state index in [9.17, 15) is 4.79 Å². The predicted octanol–water partition coefficient (Wildman–Crippen LogP) is 2.07. The smallest absolute Gasteiger partial charge is 0.161 e. The number of aromatic nitrogens is 2. The van der Waals surface area contributed by atoms with Crippen molar-refractivity contribution in [3.63, 3.8) is 0 Å². The van der Waals surface area contributed by atoms with E-state index >= 15 is 0 Å². The number of carbonyl (C=O) groups is 1. The average molecular weight is 186 g/mol. The van der Waals surface area contributed by atoms with Gasteiger partial charge in [-0.15, -0.1) is 0 Å². The third kappa shape index (κ3) is 1.44. The summed E-state index contributed by atoms with van der Waals surface area (Å²) in [5.74, 6) is 0.0642. The Balaban J connectivity index is 2.58. The Labute approximate surface area is 82.0 Å². The van der Waals surface area contributed by atoms with Crippen LogP contribution in [-0.2, 0) is 0 Å². The number of benzene rings is 1. The van der Waals surface area contributed by atoms with Crippen LogP contribution < -0.4 is 0 Å². The quantitative estimate of drug-likeness (QED) is 0.673. The van der Waals surface area contributed by atoms with Gasteiger partial charge in [0.25, 0.3) is 0 Å². The van der Waals surface area contributed by atoms with Crippen LogP contribution in [0, 0.1) is 0 Å². The van der Waals surface area contributed by atoms with Crippen LogP contribution in [0.5, 0.6) is 0 Å². The molecule has 2 rings (SSSR count). The second-order valence-corrected chi connectivity index (χ2v) is 3.04. The van der Waals surface area contributed by atoms with Crippen LogP contribution in [0.1, 0.15) is 17.3 Å². The summed E-state index contributed by atoms with van der Waals surface area (Å²) in [5.41, 5.74) is 1.59. The third-order valence-corrected chi connectivity index (χ3v) is 2.07. The Hall–Kier alpha value is -1.90. The first-order chi connectivity index (χ1) is 6.79. The number of nitrogens with zero attached hydrogens (tertiary/aromatic N) is 2. The lowest BCUT2D eigenvalue weighted by Crippen LogP contribution is -2.01. The Morgan fingerprint density at radius 3 is 2.79 bits per heavy atom. The molecule has 0 saturated heterocycles. The fraction of sp³-hybridized carbons (Fsp3) is 0.0909. The summed E-state index contributed by atoms with van der Waals surface area (Å²) in [6, 6.07) is 7.48. The molecular weight excluding hydrogens is 176 g/mol. The van der Waals surface area contributed by atoms with E-state index in [1.165, 1.54) is 0 Å². The van der Waals surface area contributed by atoms with E-state index in [0.29, 0.717) is 5.56 Å². The van der Waals surface area contributed by atoms with Crippen LogP contribution in [0.4, 0.5) is 0 Å². The van der Waals surface area contributed by atoms with Gasteiger partial charge in [0.15, 0.2) is 5.78 Å². The second kappa shape index (κ2) is 3.46. The zero-order chi connectivity index (χ0) is 9.97. The van der Waals surface area contributed by atoms with Gasteiger partial charge in [-0.25, -0.2) is 4.98 Å². The summed E-state index contributed by atoms with van der Waals surface area (Å²) in [5, 5.41) is 0. The molecule has 1 aromatic carbocycles. The van der Waals surface area contributed by atoms with E-state index in [1.54, 1.807) is 19.4 Å². The number of ketones is 1. The normalized spacial score (nSPS) is 10.1. The lowest BCUT2D eigenvalue weighted by Gasteiger charge is -2.06. The molecule has 0 radical (unpaired) electrons. The molecule has 0 unspecified atom stereocenters. The summed E-state index contributed by atoms with van der Waals surface area (Å²) >= 11 is 0. The van der Waals surface area contributed by atoms with Crippen LogP contribution >= 0.6 is 0 Å². The molecular formula is C11H10N2O. The van der Waals surface area contributed by atoms with E-state index in [4.69, 9.17) is 0 Å². The summed E-state index contributed by atoms with van der Waals surface area (Å²) in [7, 11) is 0. The van der Waals surface area contributed by atoms with Gasteiger partial charge in [0, 0.05) is 18.0 Å². The van der Waals surface area contributed by atoms with Gasteiger partial charge in [-0.1, -0.05) is 12.1 Å².